The number of halogens is 4. The molecule has 1 heterocycles. The molecular weight excluding hydrogens is 545 g/mol. The summed E-state index contributed by atoms with van der Waals surface area (Å²) in [4.78, 5) is 42.2. The van der Waals surface area contributed by atoms with E-state index in [1.54, 1.807) is 24.3 Å². The van der Waals surface area contributed by atoms with E-state index < -0.39 is 60.3 Å². The summed E-state index contributed by atoms with van der Waals surface area (Å²) in [6.07, 6.45) is -9.33. The molecular formula is C25H24ClF3N4O6. The van der Waals surface area contributed by atoms with Crippen molar-refractivity contribution in [3.63, 3.8) is 0 Å². The number of hydrogen-bond acceptors (Lipinski definition) is 6. The molecule has 0 unspecified atom stereocenters. The van der Waals surface area contributed by atoms with E-state index in [4.69, 9.17) is 16.3 Å². The first kappa shape index (κ1) is 28.2. The van der Waals surface area contributed by atoms with Crippen LogP contribution in [-0.4, -0.2) is 57.0 Å². The molecule has 4 rings (SSSR count). The fraction of sp³-hybridized carbons (Fsp3) is 0.360. The molecule has 1 aliphatic heterocycles. The second-order valence-corrected chi connectivity index (χ2v) is 9.90. The maximum Gasteiger partial charge on any atom is 0.417 e. The number of anilines is 1. The van der Waals surface area contributed by atoms with E-state index in [0.29, 0.717) is 0 Å². The average molecular weight is 569 g/mol. The van der Waals surface area contributed by atoms with Gasteiger partial charge in [-0.05, 0) is 18.6 Å². The van der Waals surface area contributed by atoms with Gasteiger partial charge in [-0.15, -0.1) is 0 Å². The first-order chi connectivity index (χ1) is 18.2. The van der Waals surface area contributed by atoms with Crippen LogP contribution in [0.15, 0.2) is 53.5 Å². The van der Waals surface area contributed by atoms with E-state index in [-0.39, 0.29) is 29.3 Å². The van der Waals surface area contributed by atoms with Crippen LogP contribution in [-0.2, 0) is 21.7 Å². The molecule has 0 bridgehead atoms. The van der Waals surface area contributed by atoms with E-state index >= 15 is 0 Å². The van der Waals surface area contributed by atoms with Crippen LogP contribution >= 0.6 is 11.6 Å². The molecule has 2 aliphatic rings. The predicted molar refractivity (Wildman–Crippen MR) is 133 cm³/mol. The topological polar surface area (TPSA) is 141 Å². The summed E-state index contributed by atoms with van der Waals surface area (Å²) in [6.45, 7) is 1.50. The van der Waals surface area contributed by atoms with Crippen molar-refractivity contribution in [3.05, 3.63) is 64.7 Å². The van der Waals surface area contributed by atoms with Gasteiger partial charge in [0, 0.05) is 24.4 Å². The van der Waals surface area contributed by atoms with Crippen molar-refractivity contribution >= 4 is 41.3 Å². The summed E-state index contributed by atoms with van der Waals surface area (Å²) in [7, 11) is 0. The van der Waals surface area contributed by atoms with Crippen LogP contribution < -0.4 is 10.6 Å². The Morgan fingerprint density at radius 3 is 2.44 bits per heavy atom. The lowest BCUT2D eigenvalue weighted by molar-refractivity contribution is -0.296. The van der Waals surface area contributed by atoms with Crippen molar-refractivity contribution in [2.24, 2.45) is 4.99 Å². The predicted octanol–water partition coefficient (Wildman–Crippen LogP) is 4.62. The Balaban J connectivity index is 1.57. The quantitative estimate of drug-likeness (QED) is 0.415. The first-order valence-corrected chi connectivity index (χ1v) is 12.1. The maximum atomic E-state index is 13.2. The summed E-state index contributed by atoms with van der Waals surface area (Å²) in [5, 5.41) is 23.6. The third-order valence-electron chi connectivity index (χ3n) is 6.63. The summed E-state index contributed by atoms with van der Waals surface area (Å²) in [6, 6.07) is 12.4. The molecule has 1 saturated carbocycles. The minimum absolute atomic E-state index is 0.00514. The molecule has 1 atom stereocenters. The van der Waals surface area contributed by atoms with Crippen LogP contribution in [0.2, 0.25) is 5.02 Å². The number of ether oxygens (including phenoxy) is 1. The molecule has 0 radical (unpaired) electrons. The number of hydrogen-bond donors (Lipinski definition) is 4. The first-order valence-electron chi connectivity index (χ1n) is 11.7. The van der Waals surface area contributed by atoms with Crippen LogP contribution in [0.5, 0.6) is 0 Å². The van der Waals surface area contributed by atoms with E-state index in [2.05, 4.69) is 10.3 Å². The number of rotatable bonds is 5. The number of nitrogens with one attached hydrogen (secondary N) is 2. The zero-order chi connectivity index (χ0) is 28.6. The number of benzene rings is 2. The van der Waals surface area contributed by atoms with Crippen LogP contribution in [0.25, 0.3) is 0 Å². The number of carbonyl (C=O) groups excluding carboxylic acids is 2. The number of aliphatic imine (C=N–C) groups is 1. The van der Waals surface area contributed by atoms with E-state index in [1.807, 2.05) is 11.4 Å². The largest absolute Gasteiger partial charge is 0.465 e. The van der Waals surface area contributed by atoms with Crippen LogP contribution in [0, 0.1) is 0 Å². The van der Waals surface area contributed by atoms with Crippen molar-refractivity contribution in [2.45, 2.75) is 56.2 Å². The average Bonchev–Trinajstić information content (AvgIpc) is 2.82. The van der Waals surface area contributed by atoms with Gasteiger partial charge < -0.3 is 14.9 Å². The van der Waals surface area contributed by atoms with Crippen molar-refractivity contribution in [2.75, 3.05) is 5.32 Å². The minimum atomic E-state index is -4.91. The number of amides is 3. The Kier molecular flexibility index (Phi) is 7.50. The fourth-order valence-corrected chi connectivity index (χ4v) is 4.96. The lowest BCUT2D eigenvalue weighted by Crippen LogP contribution is -2.67. The van der Waals surface area contributed by atoms with Gasteiger partial charge in [0.25, 0.3) is 0 Å². The molecule has 3 amide bonds. The molecule has 1 aliphatic carbocycles. The number of nitrogens with zero attached hydrogens (tertiary/aromatic N) is 2. The molecule has 0 aromatic heterocycles. The van der Waals surface area contributed by atoms with Crippen molar-refractivity contribution in [1.29, 1.82) is 0 Å². The third-order valence-corrected chi connectivity index (χ3v) is 7.04. The maximum absolute atomic E-state index is 13.2. The number of carboxylic acid groups (broad SMARTS) is 1. The number of alkyl halides is 3. The smallest absolute Gasteiger partial charge is 0.417 e. The van der Waals surface area contributed by atoms with Gasteiger partial charge in [-0.2, -0.15) is 13.2 Å². The molecule has 39 heavy (non-hydrogen) atoms. The Bertz CT molecular complexity index is 1320. The van der Waals surface area contributed by atoms with Gasteiger partial charge in [-0.25, -0.2) is 14.6 Å². The standard InChI is InChI=1S/C25H24ClF3N4O6/c1-23(16-8-5-9-17(19(16)26)30-22(37)39-13-14-6-3-2-4-7-14)12-18(34)33(20(32-23)31-21(35)36)15-10-24(38,11-15)25(27,28)29/h2-9,15,38H,10-13H2,1H3,(H,30,37)(H,31,32)(H,35,36)/t15?,23-,24?/m0/s1. The highest BCUT2D eigenvalue weighted by atomic mass is 35.5. The molecule has 0 spiro atoms. The van der Waals surface area contributed by atoms with Crippen molar-refractivity contribution in [1.82, 2.24) is 10.2 Å². The van der Waals surface area contributed by atoms with Gasteiger partial charge in [0.15, 0.2) is 5.60 Å². The van der Waals surface area contributed by atoms with E-state index in [0.717, 1.165) is 10.5 Å². The molecule has 208 valence electrons. The molecule has 14 heteroatoms. The van der Waals surface area contributed by atoms with Gasteiger partial charge in [0.1, 0.15) is 6.61 Å². The zero-order valence-electron chi connectivity index (χ0n) is 20.5. The van der Waals surface area contributed by atoms with E-state index in [9.17, 15) is 37.8 Å². The summed E-state index contributed by atoms with van der Waals surface area (Å²) < 4.78 is 44.6. The number of aliphatic hydroxyl groups is 1. The van der Waals surface area contributed by atoms with Gasteiger partial charge in [0.05, 0.1) is 22.7 Å². The Labute approximate surface area is 225 Å². The Hall–Kier alpha value is -3.84. The molecule has 2 aromatic rings. The summed E-state index contributed by atoms with van der Waals surface area (Å²) in [5.74, 6) is -1.21. The Morgan fingerprint density at radius 1 is 1.15 bits per heavy atom. The zero-order valence-corrected chi connectivity index (χ0v) is 21.2. The SMILES string of the molecule is C[C@@]1(c2cccc(NC(=O)OCc3ccccc3)c2Cl)CC(=O)N(C2CC(O)(C(F)(F)F)C2)C(NC(=O)O)=N1. The van der Waals surface area contributed by atoms with Crippen LogP contribution in [0.3, 0.4) is 0 Å². The highest BCUT2D eigenvalue weighted by Crippen LogP contribution is 2.49. The highest BCUT2D eigenvalue weighted by molar-refractivity contribution is 6.34. The normalized spacial score (nSPS) is 24.9. The van der Waals surface area contributed by atoms with Crippen molar-refractivity contribution in [3.8, 4) is 0 Å². The fourth-order valence-electron chi connectivity index (χ4n) is 4.59. The van der Waals surface area contributed by atoms with Crippen LogP contribution in [0.4, 0.5) is 28.4 Å². The lowest BCUT2D eigenvalue weighted by Gasteiger charge is -2.50. The highest BCUT2D eigenvalue weighted by Gasteiger charge is 2.63. The lowest BCUT2D eigenvalue weighted by atomic mass is 9.73. The number of guanidine groups is 1. The van der Waals surface area contributed by atoms with Gasteiger partial charge in [-0.1, -0.05) is 54.1 Å². The molecule has 2 aromatic carbocycles. The summed E-state index contributed by atoms with van der Waals surface area (Å²) in [5.41, 5.74) is -3.27. The monoisotopic (exact) mass is 568 g/mol. The minimum Gasteiger partial charge on any atom is -0.465 e. The number of carbonyl (C=O) groups is 3. The summed E-state index contributed by atoms with van der Waals surface area (Å²) >= 11 is 6.56. The third kappa shape index (κ3) is 5.78. The van der Waals surface area contributed by atoms with Crippen molar-refractivity contribution < 1.29 is 42.5 Å². The Morgan fingerprint density at radius 2 is 1.82 bits per heavy atom. The second kappa shape index (κ2) is 10.4. The van der Waals surface area contributed by atoms with Gasteiger partial charge >= 0.3 is 18.4 Å². The molecule has 0 saturated heterocycles. The van der Waals surface area contributed by atoms with E-state index in [1.165, 1.54) is 25.1 Å². The van der Waals surface area contributed by atoms with Crippen LogP contribution in [0.1, 0.15) is 37.3 Å². The molecule has 1 fully saturated rings. The molecule has 4 N–H and O–H groups in total. The second-order valence-electron chi connectivity index (χ2n) is 9.53. The van der Waals surface area contributed by atoms with Gasteiger partial charge in [0.2, 0.25) is 11.9 Å². The molecule has 10 nitrogen and oxygen atoms in total. The van der Waals surface area contributed by atoms with Gasteiger partial charge in [-0.3, -0.25) is 20.3 Å².